The topological polar surface area (TPSA) is 35.0 Å². The molecule has 0 amide bonds. The van der Waals surface area contributed by atoms with Crippen molar-refractivity contribution in [2.75, 3.05) is 0 Å². The first-order valence-electron chi connectivity index (χ1n) is 0. The Bertz CT molecular complexity index is 5.30. The monoisotopic (exact) mass is 437 g/mol. The SMILES string of the molecule is N.[AlH3].[AlH3].[AlH3].[AlH3].[AlH3].[AlH3].[AlH3].[AlH3].[AlH3].[AlH3].[AlH3].[AlH3].[AlH3].[AlH3]. The van der Waals surface area contributed by atoms with E-state index in [9.17, 15) is 0 Å². The third kappa shape index (κ3) is 147. The quantitative estimate of drug-likeness (QED) is 0.376. The summed E-state index contributed by atoms with van der Waals surface area (Å²) in [5, 5.41) is 0. The van der Waals surface area contributed by atoms with Gasteiger partial charge in [0.2, 0.25) is 0 Å². The molecule has 15 heteroatoms. The largest absolute Gasteiger partial charge is 0.344 e. The zero-order valence-electron chi connectivity index (χ0n) is 0.707. The number of hydrogen-bond acceptors (Lipinski definition) is 1. The van der Waals surface area contributed by atoms with E-state index in [4.69, 9.17) is 0 Å². The van der Waals surface area contributed by atoms with Crippen molar-refractivity contribution in [3.63, 3.8) is 0 Å². The molecule has 92 valence electrons. The Labute approximate surface area is 244 Å². The van der Waals surface area contributed by atoms with Gasteiger partial charge < -0.3 is 6.15 Å². The van der Waals surface area contributed by atoms with Gasteiger partial charge in [-0.1, -0.05) is 0 Å². The van der Waals surface area contributed by atoms with Crippen LogP contribution in [0.15, 0.2) is 0 Å². The smallest absolute Gasteiger partial charge is 0.187 e. The minimum atomic E-state index is 0. The van der Waals surface area contributed by atoms with Gasteiger partial charge in [0.05, 0.1) is 0 Å². The van der Waals surface area contributed by atoms with E-state index in [1.807, 2.05) is 0 Å². The molecule has 0 atom stereocenters. The standard InChI is InChI=1S/14Al.H3N.42H/h;;;;;;;;;;;;;;1H3;;;;;;;;;;;;;;;;;;;;;;;;;;;;;;;;;;;;;;;;;;. The zero-order valence-corrected chi connectivity index (χ0v) is 0.707. The number of hydrogen-bond donors (Lipinski definition) is 1. The lowest BCUT2D eigenvalue weighted by molar-refractivity contribution is 2.13. The van der Waals surface area contributed by atoms with Gasteiger partial charge >= 0.3 is 0 Å². The van der Waals surface area contributed by atoms with Crippen LogP contribution in [0, 0.1) is 0 Å². The molecule has 0 bridgehead atoms. The second-order valence-electron chi connectivity index (χ2n) is 0. The molecule has 0 aromatic carbocycles. The van der Waals surface area contributed by atoms with Crippen molar-refractivity contribution in [2.45, 2.75) is 0 Å². The Balaban J connectivity index is 0. The van der Waals surface area contributed by atoms with Gasteiger partial charge in [-0.3, -0.25) is 0 Å². The predicted octanol–water partition coefficient (Wildman–Crippen LogP) is -16.4. The van der Waals surface area contributed by atoms with Crippen LogP contribution in [0.1, 0.15) is 0 Å². The molecule has 0 saturated heterocycles. The summed E-state index contributed by atoms with van der Waals surface area (Å²) in [6.07, 6.45) is 0. The Morgan fingerprint density at radius 1 is 0.133 bits per heavy atom. The Morgan fingerprint density at radius 2 is 0.133 bits per heavy atom. The summed E-state index contributed by atoms with van der Waals surface area (Å²) >= 11 is 0. The maximum absolute atomic E-state index is 0. The zero-order chi connectivity index (χ0) is 0. The lowest BCUT2D eigenvalue weighted by Crippen LogP contribution is -0.481. The van der Waals surface area contributed by atoms with Crippen LogP contribution in [-0.4, -0.2) is 243 Å². The Kier molecular flexibility index (Phi) is 2020. The molecule has 0 aromatic rings. The predicted molar refractivity (Wildman–Crippen MR) is 144 cm³/mol. The summed E-state index contributed by atoms with van der Waals surface area (Å²) in [4.78, 5) is 0. The summed E-state index contributed by atoms with van der Waals surface area (Å²) in [6, 6.07) is 0. The van der Waals surface area contributed by atoms with E-state index in [-0.39, 0.29) is 249 Å². The van der Waals surface area contributed by atoms with Gasteiger partial charge in [-0.05, 0) is 0 Å². The molecule has 3 N–H and O–H groups in total. The highest BCUT2D eigenvalue weighted by atomic mass is 27.0. The maximum atomic E-state index is 0. The third-order valence-corrected chi connectivity index (χ3v) is 0. The van der Waals surface area contributed by atoms with Gasteiger partial charge in [0.25, 0.3) is 0 Å². The van der Waals surface area contributed by atoms with Crippen LogP contribution >= 0.6 is 0 Å². The van der Waals surface area contributed by atoms with Crippen molar-refractivity contribution in [3.8, 4) is 0 Å². The first-order chi connectivity index (χ1) is 0. The molecular weight excluding hydrogens is 392 g/mol. The molecule has 0 radical (unpaired) electrons. The van der Waals surface area contributed by atoms with Crippen LogP contribution in [0.3, 0.4) is 0 Å². The molecule has 1 nitrogen and oxygen atoms in total. The molecule has 0 aromatic heterocycles. The second kappa shape index (κ2) is 162. The van der Waals surface area contributed by atoms with Gasteiger partial charge in [-0.25, -0.2) is 0 Å². The molecular formula is H45Al14N. The molecule has 0 aliphatic carbocycles. The molecule has 0 rings (SSSR count). The highest BCUT2D eigenvalue weighted by Gasteiger charge is 0.200. The first-order valence-corrected chi connectivity index (χ1v) is 0. The van der Waals surface area contributed by atoms with Crippen LogP contribution in [-0.2, 0) is 0 Å². The lowest BCUT2D eigenvalue weighted by atomic mass is 14.0. The maximum Gasteiger partial charge on any atom is 0.187 e. The summed E-state index contributed by atoms with van der Waals surface area (Å²) in [6.45, 7) is 0. The number of rotatable bonds is 0. The van der Waals surface area contributed by atoms with Gasteiger partial charge in [0.15, 0.2) is 243 Å². The molecule has 0 unspecified atom stereocenters. The van der Waals surface area contributed by atoms with Crippen molar-refractivity contribution in [2.24, 2.45) is 0 Å². The average molecular weight is 437 g/mol. The molecule has 0 aliphatic rings. The molecule has 0 saturated carbocycles. The van der Waals surface area contributed by atoms with E-state index in [0.29, 0.717) is 0 Å². The van der Waals surface area contributed by atoms with E-state index < -0.39 is 0 Å². The van der Waals surface area contributed by atoms with E-state index in [0.717, 1.165) is 0 Å². The Morgan fingerprint density at radius 3 is 0.133 bits per heavy atom. The summed E-state index contributed by atoms with van der Waals surface area (Å²) < 4.78 is 0. The van der Waals surface area contributed by atoms with Crippen LogP contribution in [0.2, 0.25) is 0 Å². The molecule has 0 heterocycles. The van der Waals surface area contributed by atoms with Crippen molar-refractivity contribution >= 4 is 243 Å². The van der Waals surface area contributed by atoms with E-state index in [2.05, 4.69) is 0 Å². The van der Waals surface area contributed by atoms with Crippen molar-refractivity contribution in [3.05, 3.63) is 0 Å². The third-order valence-electron chi connectivity index (χ3n) is 0. The van der Waals surface area contributed by atoms with Gasteiger partial charge in [0.1, 0.15) is 0 Å². The lowest BCUT2D eigenvalue weighted by Gasteiger charge is -0.344. The highest BCUT2D eigenvalue weighted by molar-refractivity contribution is 5.77. The van der Waals surface area contributed by atoms with Crippen LogP contribution in [0.25, 0.3) is 0 Å². The van der Waals surface area contributed by atoms with Crippen molar-refractivity contribution in [1.29, 1.82) is 0 Å². The van der Waals surface area contributed by atoms with E-state index >= 15 is 0 Å². The fourth-order valence-corrected chi connectivity index (χ4v) is 0. The normalized spacial score (nSPS) is 0. The summed E-state index contributed by atoms with van der Waals surface area (Å²) in [5.74, 6) is 0. The van der Waals surface area contributed by atoms with Crippen molar-refractivity contribution in [1.82, 2.24) is 6.15 Å². The molecule has 15 heavy (non-hydrogen) atoms. The van der Waals surface area contributed by atoms with Gasteiger partial charge in [-0.15, -0.1) is 0 Å². The first kappa shape index (κ1) is 187. The van der Waals surface area contributed by atoms with Gasteiger partial charge in [0, 0.05) is 0 Å². The Hall–Kier alpha value is 7.41. The van der Waals surface area contributed by atoms with E-state index in [1.54, 1.807) is 0 Å². The van der Waals surface area contributed by atoms with Gasteiger partial charge in [-0.2, -0.15) is 0 Å². The second-order valence-corrected chi connectivity index (χ2v) is 0. The highest BCUT2D eigenvalue weighted by Crippen LogP contribution is -0.368. The minimum absolute atomic E-state index is 0. The molecule has 0 aliphatic heterocycles. The molecule has 0 fully saturated rings. The summed E-state index contributed by atoms with van der Waals surface area (Å²) in [5.41, 5.74) is 0. The summed E-state index contributed by atoms with van der Waals surface area (Å²) in [7, 11) is 0. The van der Waals surface area contributed by atoms with Crippen LogP contribution < -0.4 is 6.15 Å². The minimum Gasteiger partial charge on any atom is -0.344 e. The van der Waals surface area contributed by atoms with Crippen LogP contribution in [0.4, 0.5) is 0 Å². The van der Waals surface area contributed by atoms with Crippen molar-refractivity contribution < 1.29 is 0 Å². The van der Waals surface area contributed by atoms with E-state index in [1.165, 1.54) is 0 Å². The fourth-order valence-electron chi connectivity index (χ4n) is 0. The fraction of sp³-hybridized carbons (Fsp3) is 0. The van der Waals surface area contributed by atoms with Crippen LogP contribution in [0.5, 0.6) is 0 Å². The molecule has 0 spiro atoms. The average Bonchev–Trinajstić information content (AvgIpc) is 0.